The smallest absolute Gasteiger partial charge is 0.191 e. The van der Waals surface area contributed by atoms with Crippen molar-refractivity contribution >= 4 is 5.96 Å². The van der Waals surface area contributed by atoms with Crippen molar-refractivity contribution in [3.8, 4) is 5.82 Å². The summed E-state index contributed by atoms with van der Waals surface area (Å²) in [5, 5.41) is 11.1. The molecule has 1 aliphatic rings. The van der Waals surface area contributed by atoms with Crippen molar-refractivity contribution in [2.75, 3.05) is 33.4 Å². The Morgan fingerprint density at radius 1 is 1.03 bits per heavy atom. The number of nitrogens with one attached hydrogen (secondary N) is 2. The van der Waals surface area contributed by atoms with Gasteiger partial charge in [-0.25, -0.2) is 9.67 Å². The van der Waals surface area contributed by atoms with Gasteiger partial charge in [0.2, 0.25) is 0 Å². The molecule has 2 N–H and O–H groups in total. The van der Waals surface area contributed by atoms with Gasteiger partial charge in [-0.15, -0.1) is 0 Å². The average molecular weight is 420 g/mol. The van der Waals surface area contributed by atoms with Gasteiger partial charge in [-0.2, -0.15) is 5.10 Å². The molecule has 1 saturated heterocycles. The van der Waals surface area contributed by atoms with E-state index in [1.807, 2.05) is 24.4 Å². The summed E-state index contributed by atoms with van der Waals surface area (Å²) in [5.74, 6) is 1.56. The molecule has 4 rings (SSSR count). The normalized spacial score (nSPS) is 15.1. The lowest BCUT2D eigenvalue weighted by atomic mass is 10.1. The van der Waals surface area contributed by atoms with Gasteiger partial charge in [0, 0.05) is 58.4 Å². The lowest BCUT2D eigenvalue weighted by Gasteiger charge is -2.27. The Morgan fingerprint density at radius 3 is 2.61 bits per heavy atom. The molecule has 3 aromatic rings. The second-order valence-corrected chi connectivity index (χ2v) is 7.41. The first-order chi connectivity index (χ1) is 15.3. The maximum absolute atomic E-state index is 5.47. The molecule has 31 heavy (non-hydrogen) atoms. The quantitative estimate of drug-likeness (QED) is 0.450. The van der Waals surface area contributed by atoms with E-state index in [9.17, 15) is 0 Å². The molecular formula is C23H29N7O. The maximum Gasteiger partial charge on any atom is 0.191 e. The molecule has 3 heterocycles. The zero-order chi connectivity index (χ0) is 21.3. The van der Waals surface area contributed by atoms with E-state index in [1.54, 1.807) is 24.1 Å². The molecule has 2 aromatic heterocycles. The van der Waals surface area contributed by atoms with Gasteiger partial charge < -0.3 is 15.4 Å². The monoisotopic (exact) mass is 419 g/mol. The molecule has 1 aromatic carbocycles. The van der Waals surface area contributed by atoms with Crippen molar-refractivity contribution < 1.29 is 4.74 Å². The van der Waals surface area contributed by atoms with Crippen molar-refractivity contribution in [1.82, 2.24) is 30.3 Å². The first kappa shape index (κ1) is 21.0. The van der Waals surface area contributed by atoms with E-state index in [-0.39, 0.29) is 0 Å². The van der Waals surface area contributed by atoms with E-state index >= 15 is 0 Å². The molecule has 0 unspecified atom stereocenters. The predicted octanol–water partition coefficient (Wildman–Crippen LogP) is 1.96. The first-order valence-electron chi connectivity index (χ1n) is 10.6. The van der Waals surface area contributed by atoms with E-state index in [2.05, 4.69) is 54.9 Å². The lowest BCUT2D eigenvalue weighted by molar-refractivity contribution is 0.0341. The van der Waals surface area contributed by atoms with Crippen LogP contribution in [0.3, 0.4) is 0 Å². The van der Waals surface area contributed by atoms with Crippen LogP contribution in [0.4, 0.5) is 0 Å². The number of aromatic nitrogens is 3. The zero-order valence-electron chi connectivity index (χ0n) is 17.9. The van der Waals surface area contributed by atoms with Crippen LogP contribution in [0.1, 0.15) is 16.7 Å². The van der Waals surface area contributed by atoms with E-state index in [1.165, 1.54) is 11.1 Å². The predicted molar refractivity (Wildman–Crippen MR) is 121 cm³/mol. The Kier molecular flexibility index (Phi) is 7.25. The number of guanidine groups is 1. The first-order valence-corrected chi connectivity index (χ1v) is 10.6. The number of nitrogens with zero attached hydrogens (tertiary/aromatic N) is 5. The highest BCUT2D eigenvalue weighted by Gasteiger charge is 2.13. The van der Waals surface area contributed by atoms with Crippen molar-refractivity contribution in [2.24, 2.45) is 4.99 Å². The number of aliphatic imine (C=N–C) groups is 1. The van der Waals surface area contributed by atoms with Crippen molar-refractivity contribution in [1.29, 1.82) is 0 Å². The number of benzene rings is 1. The lowest BCUT2D eigenvalue weighted by Crippen LogP contribution is -2.37. The second kappa shape index (κ2) is 10.7. The third kappa shape index (κ3) is 5.90. The maximum atomic E-state index is 5.47. The summed E-state index contributed by atoms with van der Waals surface area (Å²) < 4.78 is 7.22. The molecule has 8 heteroatoms. The summed E-state index contributed by atoms with van der Waals surface area (Å²) in [5.41, 5.74) is 3.73. The van der Waals surface area contributed by atoms with E-state index in [4.69, 9.17) is 4.74 Å². The summed E-state index contributed by atoms with van der Waals surface area (Å²) in [6.45, 7) is 5.90. The molecule has 1 fully saturated rings. The number of hydrogen-bond donors (Lipinski definition) is 2. The number of hydrogen-bond acceptors (Lipinski definition) is 5. The Morgan fingerprint density at radius 2 is 1.84 bits per heavy atom. The zero-order valence-corrected chi connectivity index (χ0v) is 17.9. The fraction of sp³-hybridized carbons (Fsp3) is 0.348. The number of rotatable bonds is 7. The van der Waals surface area contributed by atoms with Gasteiger partial charge >= 0.3 is 0 Å². The summed E-state index contributed by atoms with van der Waals surface area (Å²) in [7, 11) is 1.79. The van der Waals surface area contributed by atoms with Crippen molar-refractivity contribution in [3.05, 3.63) is 77.7 Å². The highest BCUT2D eigenvalue weighted by atomic mass is 16.5. The fourth-order valence-corrected chi connectivity index (χ4v) is 3.57. The molecule has 0 aliphatic carbocycles. The van der Waals surface area contributed by atoms with Crippen LogP contribution in [0, 0.1) is 0 Å². The van der Waals surface area contributed by atoms with Crippen LogP contribution in [-0.4, -0.2) is 59.0 Å². The third-order valence-electron chi connectivity index (χ3n) is 5.29. The minimum atomic E-state index is 0.645. The standard InChI is InChI=1S/C23H29N7O/c1-24-23(26-16-19-7-9-25-22(15-19)30-10-4-8-28-30)27-17-20-5-2-3-6-21(20)18-29-11-13-31-14-12-29/h2-10,15H,11-14,16-18H2,1H3,(H2,24,26,27). The molecule has 0 bridgehead atoms. The minimum Gasteiger partial charge on any atom is -0.379 e. The van der Waals surface area contributed by atoms with Gasteiger partial charge in [-0.3, -0.25) is 9.89 Å². The van der Waals surface area contributed by atoms with Crippen molar-refractivity contribution in [3.63, 3.8) is 0 Å². The van der Waals surface area contributed by atoms with Crippen molar-refractivity contribution in [2.45, 2.75) is 19.6 Å². The molecule has 0 amide bonds. The van der Waals surface area contributed by atoms with Gasteiger partial charge in [-0.1, -0.05) is 24.3 Å². The van der Waals surface area contributed by atoms with E-state index < -0.39 is 0 Å². The Hall–Kier alpha value is -3.23. The molecule has 1 aliphatic heterocycles. The molecule has 8 nitrogen and oxygen atoms in total. The Balaban J connectivity index is 1.33. The SMILES string of the molecule is CN=C(NCc1ccnc(-n2cccn2)c1)NCc1ccccc1CN1CCOCC1. The third-order valence-corrected chi connectivity index (χ3v) is 5.29. The highest BCUT2D eigenvalue weighted by Crippen LogP contribution is 2.13. The minimum absolute atomic E-state index is 0.645. The van der Waals surface area contributed by atoms with Gasteiger partial charge in [0.25, 0.3) is 0 Å². The Labute approximate surface area is 183 Å². The van der Waals surface area contributed by atoms with Crippen LogP contribution in [-0.2, 0) is 24.4 Å². The van der Waals surface area contributed by atoms with Crippen LogP contribution < -0.4 is 10.6 Å². The van der Waals surface area contributed by atoms with E-state index in [0.717, 1.165) is 56.7 Å². The summed E-state index contributed by atoms with van der Waals surface area (Å²) in [6.07, 6.45) is 5.43. The second-order valence-electron chi connectivity index (χ2n) is 7.41. The molecular weight excluding hydrogens is 390 g/mol. The van der Waals surface area contributed by atoms with Gasteiger partial charge in [-0.05, 0) is 34.9 Å². The number of pyridine rings is 1. The molecule has 0 spiro atoms. The van der Waals surface area contributed by atoms with Crippen LogP contribution >= 0.6 is 0 Å². The molecule has 0 saturated carbocycles. The average Bonchev–Trinajstić information content (AvgIpc) is 3.36. The molecule has 0 radical (unpaired) electrons. The number of ether oxygens (including phenoxy) is 1. The van der Waals surface area contributed by atoms with E-state index in [0.29, 0.717) is 6.54 Å². The summed E-state index contributed by atoms with van der Waals surface area (Å²) in [6, 6.07) is 14.5. The Bertz CT molecular complexity index is 981. The van der Waals surface area contributed by atoms with Crippen LogP contribution in [0.15, 0.2) is 66.0 Å². The summed E-state index contributed by atoms with van der Waals surface area (Å²) in [4.78, 5) is 11.2. The summed E-state index contributed by atoms with van der Waals surface area (Å²) >= 11 is 0. The molecule has 0 atom stereocenters. The van der Waals surface area contributed by atoms with Crippen LogP contribution in [0.25, 0.3) is 5.82 Å². The van der Waals surface area contributed by atoms with Crippen LogP contribution in [0.2, 0.25) is 0 Å². The fourth-order valence-electron chi connectivity index (χ4n) is 3.57. The van der Waals surface area contributed by atoms with Crippen LogP contribution in [0.5, 0.6) is 0 Å². The van der Waals surface area contributed by atoms with Gasteiger partial charge in [0.1, 0.15) is 0 Å². The topological polar surface area (TPSA) is 79.6 Å². The number of morpholine rings is 1. The molecule has 162 valence electrons. The highest BCUT2D eigenvalue weighted by molar-refractivity contribution is 5.79. The van der Waals surface area contributed by atoms with Gasteiger partial charge in [0.15, 0.2) is 11.8 Å². The van der Waals surface area contributed by atoms with Gasteiger partial charge in [0.05, 0.1) is 13.2 Å². The largest absolute Gasteiger partial charge is 0.379 e.